The van der Waals surface area contributed by atoms with Gasteiger partial charge in [-0.3, -0.25) is 14.3 Å². The van der Waals surface area contributed by atoms with Crippen LogP contribution >= 0.6 is 0 Å². The normalized spacial score (nSPS) is 19.8. The Morgan fingerprint density at radius 1 is 1.65 bits per heavy atom. The Balaban J connectivity index is 2.06. The Morgan fingerprint density at radius 3 is 3.00 bits per heavy atom. The predicted molar refractivity (Wildman–Crippen MR) is 69.9 cm³/mol. The lowest BCUT2D eigenvalue weighted by Gasteiger charge is -2.11. The lowest BCUT2D eigenvalue weighted by Crippen LogP contribution is -2.27. The van der Waals surface area contributed by atoms with Crippen LogP contribution < -0.4 is 0 Å². The largest absolute Gasteiger partial charge is 0.465 e. The Labute approximate surface area is 117 Å². The second-order valence-electron chi connectivity index (χ2n) is 4.48. The average Bonchev–Trinajstić information content (AvgIpc) is 2.87. The van der Waals surface area contributed by atoms with Gasteiger partial charge in [0.2, 0.25) is 5.03 Å². The monoisotopic (exact) mass is 299 g/mol. The lowest BCUT2D eigenvalue weighted by atomic mass is 10.2. The molecule has 0 spiro atoms. The van der Waals surface area contributed by atoms with Gasteiger partial charge in [0.25, 0.3) is 0 Å². The molecule has 0 aliphatic carbocycles. The number of rotatable bonds is 4. The summed E-state index contributed by atoms with van der Waals surface area (Å²) in [4.78, 5) is 26.1. The number of pyridine rings is 1. The van der Waals surface area contributed by atoms with Gasteiger partial charge in [0.15, 0.2) is 0 Å². The Bertz CT molecular complexity index is 565. The number of nitro groups is 1. The zero-order valence-electron chi connectivity index (χ0n) is 10.5. The van der Waals surface area contributed by atoms with E-state index in [-0.39, 0.29) is 22.4 Å². The molecular formula is C11H13N3O5S. The maximum absolute atomic E-state index is 12.2. The number of likely N-dealkylation sites (tertiary alicyclic amines) is 1. The fraction of sp³-hybridized carbons (Fsp3) is 0.455. The van der Waals surface area contributed by atoms with E-state index >= 15 is 0 Å². The van der Waals surface area contributed by atoms with E-state index < -0.39 is 21.8 Å². The van der Waals surface area contributed by atoms with Crippen molar-refractivity contribution in [3.05, 3.63) is 28.4 Å². The molecule has 2 rings (SSSR count). The Kier molecular flexibility index (Phi) is 4.28. The van der Waals surface area contributed by atoms with Gasteiger partial charge in [-0.1, -0.05) is 0 Å². The van der Waals surface area contributed by atoms with Gasteiger partial charge in [-0.2, -0.15) is 0 Å². The molecule has 1 aromatic heterocycles. The van der Waals surface area contributed by atoms with Crippen molar-refractivity contribution >= 4 is 22.6 Å². The van der Waals surface area contributed by atoms with Crippen LogP contribution in [0.5, 0.6) is 0 Å². The average molecular weight is 299 g/mol. The fourth-order valence-corrected chi connectivity index (χ4v) is 3.54. The van der Waals surface area contributed by atoms with Crippen LogP contribution in [0.4, 0.5) is 10.5 Å². The highest BCUT2D eigenvalue weighted by Crippen LogP contribution is 2.23. The second-order valence-corrected chi connectivity index (χ2v) is 5.89. The molecule has 2 unspecified atom stereocenters. The van der Waals surface area contributed by atoms with Gasteiger partial charge in [0.05, 0.1) is 15.7 Å². The molecule has 1 aliphatic heterocycles. The summed E-state index contributed by atoms with van der Waals surface area (Å²) >= 11 is 0. The van der Waals surface area contributed by atoms with Gasteiger partial charge in [-0.15, -0.1) is 0 Å². The van der Waals surface area contributed by atoms with Crippen LogP contribution in [0.1, 0.15) is 6.42 Å². The molecular weight excluding hydrogens is 286 g/mol. The summed E-state index contributed by atoms with van der Waals surface area (Å²) in [5, 5.41) is 19.6. The fourth-order valence-electron chi connectivity index (χ4n) is 2.13. The smallest absolute Gasteiger partial charge is 0.407 e. The summed E-state index contributed by atoms with van der Waals surface area (Å²) in [6, 6.07) is 2.68. The molecule has 1 fully saturated rings. The molecule has 1 saturated heterocycles. The van der Waals surface area contributed by atoms with Crippen LogP contribution in [0.3, 0.4) is 0 Å². The molecule has 0 radical (unpaired) electrons. The maximum atomic E-state index is 12.2. The van der Waals surface area contributed by atoms with Gasteiger partial charge in [-0.25, -0.2) is 9.78 Å². The zero-order valence-corrected chi connectivity index (χ0v) is 11.3. The molecule has 1 aromatic rings. The molecule has 1 aliphatic rings. The maximum Gasteiger partial charge on any atom is 0.407 e. The van der Waals surface area contributed by atoms with E-state index in [9.17, 15) is 19.1 Å². The summed E-state index contributed by atoms with van der Waals surface area (Å²) < 4.78 is 12.2. The van der Waals surface area contributed by atoms with E-state index in [4.69, 9.17) is 5.11 Å². The third-order valence-electron chi connectivity index (χ3n) is 3.11. The highest BCUT2D eigenvalue weighted by molar-refractivity contribution is 7.85. The molecule has 0 aromatic carbocycles. The molecule has 0 bridgehead atoms. The van der Waals surface area contributed by atoms with Gasteiger partial charge in [-0.05, 0) is 18.4 Å². The van der Waals surface area contributed by atoms with Gasteiger partial charge < -0.3 is 10.0 Å². The summed E-state index contributed by atoms with van der Waals surface area (Å²) in [6.45, 7) is 0.712. The molecule has 8 nitrogen and oxygen atoms in total. The Morgan fingerprint density at radius 2 is 2.40 bits per heavy atom. The third kappa shape index (κ3) is 3.10. The second kappa shape index (κ2) is 5.95. The summed E-state index contributed by atoms with van der Waals surface area (Å²) in [6.07, 6.45) is 0.971. The summed E-state index contributed by atoms with van der Waals surface area (Å²) in [7, 11) is -1.61. The first-order chi connectivity index (χ1) is 9.49. The minimum atomic E-state index is -1.61. The quantitative estimate of drug-likeness (QED) is 0.657. The molecule has 2 atom stereocenters. The van der Waals surface area contributed by atoms with Gasteiger partial charge >= 0.3 is 11.8 Å². The van der Waals surface area contributed by atoms with Crippen LogP contribution in [0.2, 0.25) is 0 Å². The van der Waals surface area contributed by atoms with Gasteiger partial charge in [0.1, 0.15) is 0 Å². The number of carbonyl (C=O) groups is 1. The van der Waals surface area contributed by atoms with Crippen molar-refractivity contribution in [2.24, 2.45) is 5.92 Å². The van der Waals surface area contributed by atoms with Crippen molar-refractivity contribution < 1.29 is 19.0 Å². The van der Waals surface area contributed by atoms with Crippen molar-refractivity contribution in [2.45, 2.75) is 11.4 Å². The van der Waals surface area contributed by atoms with Crippen LogP contribution in [0, 0.1) is 16.0 Å². The van der Waals surface area contributed by atoms with Crippen molar-refractivity contribution in [2.75, 3.05) is 18.8 Å². The first-order valence-corrected chi connectivity index (χ1v) is 7.26. The number of amides is 1. The molecule has 1 amide bonds. The van der Waals surface area contributed by atoms with E-state index in [1.54, 1.807) is 0 Å². The van der Waals surface area contributed by atoms with E-state index in [0.717, 1.165) is 0 Å². The number of hydrogen-bond donors (Lipinski definition) is 1. The first kappa shape index (κ1) is 14.4. The van der Waals surface area contributed by atoms with Crippen LogP contribution in [-0.2, 0) is 10.8 Å². The van der Waals surface area contributed by atoms with Crippen molar-refractivity contribution in [3.63, 3.8) is 0 Å². The van der Waals surface area contributed by atoms with E-state index in [1.165, 1.54) is 23.2 Å². The highest BCUT2D eigenvalue weighted by Gasteiger charge is 2.29. The van der Waals surface area contributed by atoms with Crippen molar-refractivity contribution in [1.82, 2.24) is 9.88 Å². The number of hydrogen-bond acceptors (Lipinski definition) is 5. The summed E-state index contributed by atoms with van der Waals surface area (Å²) in [5.74, 6) is 0.121. The standard InChI is InChI=1S/C11H13N3O5S/c15-11(16)13-5-3-8(6-13)7-20(19)10-9(14(17)18)2-1-4-12-10/h1-2,4,8H,3,5-7H2,(H,15,16). The molecule has 1 N–H and O–H groups in total. The van der Waals surface area contributed by atoms with E-state index in [0.29, 0.717) is 19.5 Å². The van der Waals surface area contributed by atoms with Gasteiger partial charge in [0, 0.05) is 31.1 Å². The van der Waals surface area contributed by atoms with E-state index in [1.807, 2.05) is 0 Å². The first-order valence-electron chi connectivity index (χ1n) is 5.94. The summed E-state index contributed by atoms with van der Waals surface area (Å²) in [5.41, 5.74) is -0.265. The minimum Gasteiger partial charge on any atom is -0.465 e. The molecule has 9 heteroatoms. The van der Waals surface area contributed by atoms with Crippen LogP contribution in [-0.4, -0.2) is 49.1 Å². The molecule has 0 saturated carbocycles. The topological polar surface area (TPSA) is 114 Å². The molecule has 2 heterocycles. The van der Waals surface area contributed by atoms with Crippen molar-refractivity contribution in [3.8, 4) is 0 Å². The highest BCUT2D eigenvalue weighted by atomic mass is 32.2. The number of carboxylic acid groups (broad SMARTS) is 1. The molecule has 108 valence electrons. The van der Waals surface area contributed by atoms with Crippen molar-refractivity contribution in [1.29, 1.82) is 0 Å². The predicted octanol–water partition coefficient (Wildman–Crippen LogP) is 1.10. The lowest BCUT2D eigenvalue weighted by molar-refractivity contribution is -0.388. The van der Waals surface area contributed by atoms with Crippen LogP contribution in [0.15, 0.2) is 23.4 Å². The minimum absolute atomic E-state index is 0.0497. The zero-order chi connectivity index (χ0) is 14.7. The molecule has 20 heavy (non-hydrogen) atoms. The van der Waals surface area contributed by atoms with E-state index in [2.05, 4.69) is 4.98 Å². The number of nitrogens with zero attached hydrogens (tertiary/aromatic N) is 3. The number of aromatic nitrogens is 1. The SMILES string of the molecule is O=C(O)N1CCC(CS(=O)c2ncccc2[N+](=O)[O-])C1. The Hall–Kier alpha value is -2.03. The third-order valence-corrected chi connectivity index (χ3v) is 4.63. The van der Waals surface area contributed by atoms with Crippen LogP contribution in [0.25, 0.3) is 0 Å².